The molecule has 1 saturated carbocycles. The molecule has 1 aliphatic rings. The summed E-state index contributed by atoms with van der Waals surface area (Å²) in [4.78, 5) is 49.3. The van der Waals surface area contributed by atoms with E-state index in [4.69, 9.17) is 15.2 Å². The number of ether oxygens (including phenoxy) is 2. The van der Waals surface area contributed by atoms with Crippen LogP contribution in [0.25, 0.3) is 0 Å². The van der Waals surface area contributed by atoms with Crippen LogP contribution in [-0.2, 0) is 23.9 Å². The number of carbonyl (C=O) groups is 4. The molecule has 3 N–H and O–H groups in total. The molecular weight excluding hydrogens is 414 g/mol. The topological polar surface area (TPSA) is 137 Å². The Kier molecular flexibility index (Phi) is 10.8. The molecule has 1 rings (SSSR count). The molecule has 9 heteroatoms. The Morgan fingerprint density at radius 2 is 1.66 bits per heavy atom. The Hall–Kier alpha value is -2.45. The number of carbonyl (C=O) groups excluding carboxylic acids is 4. The fourth-order valence-corrected chi connectivity index (χ4v) is 4.63. The summed E-state index contributed by atoms with van der Waals surface area (Å²) in [6, 6.07) is -0.925. The first-order chi connectivity index (χ1) is 14.9. The molecule has 0 aliphatic heterocycles. The summed E-state index contributed by atoms with van der Waals surface area (Å²) in [7, 11) is 0. The van der Waals surface area contributed by atoms with Crippen molar-refractivity contribution in [2.24, 2.45) is 46.3 Å². The van der Waals surface area contributed by atoms with Crippen LogP contribution in [0.1, 0.15) is 67.7 Å². The zero-order chi connectivity index (χ0) is 24.6. The van der Waals surface area contributed by atoms with Gasteiger partial charge in [-0.05, 0) is 57.3 Å². The van der Waals surface area contributed by atoms with Crippen molar-refractivity contribution >= 4 is 29.5 Å². The number of primary amides is 1. The Bertz CT molecular complexity index is 721. The lowest BCUT2D eigenvalue weighted by atomic mass is 9.75. The second-order valence-corrected chi connectivity index (χ2v) is 9.20. The van der Waals surface area contributed by atoms with Crippen molar-refractivity contribution < 1.29 is 28.7 Å². The van der Waals surface area contributed by atoms with Gasteiger partial charge in [0.05, 0.1) is 12.5 Å². The monoisotopic (exact) mass is 453 g/mol. The van der Waals surface area contributed by atoms with Gasteiger partial charge in [0.25, 0.3) is 0 Å². The van der Waals surface area contributed by atoms with Gasteiger partial charge in [-0.15, -0.1) is 5.10 Å². The van der Waals surface area contributed by atoms with Gasteiger partial charge in [-0.25, -0.2) is 10.2 Å². The normalized spacial score (nSPS) is 24.2. The number of rotatable bonds is 10. The van der Waals surface area contributed by atoms with E-state index < -0.39 is 35.5 Å². The van der Waals surface area contributed by atoms with Gasteiger partial charge in [-0.1, -0.05) is 34.1 Å². The molecule has 0 radical (unpaired) electrons. The number of ketones is 2. The molecule has 0 aromatic rings. The van der Waals surface area contributed by atoms with Gasteiger partial charge in [0.15, 0.2) is 0 Å². The Labute approximate surface area is 190 Å². The number of hydrogen-bond acceptors (Lipinski definition) is 7. The minimum Gasteiger partial charge on any atom is -0.479 e. The van der Waals surface area contributed by atoms with Crippen molar-refractivity contribution in [2.45, 2.75) is 73.8 Å². The number of hydrazone groups is 1. The lowest BCUT2D eigenvalue weighted by molar-refractivity contribution is -0.165. The average Bonchev–Trinajstić information content (AvgIpc) is 2.65. The molecule has 0 spiro atoms. The molecule has 6 unspecified atom stereocenters. The van der Waals surface area contributed by atoms with E-state index >= 15 is 0 Å². The molecule has 0 aromatic heterocycles. The minimum atomic E-state index is -1.17. The highest BCUT2D eigenvalue weighted by molar-refractivity contribution is 6.04. The van der Waals surface area contributed by atoms with Crippen LogP contribution in [-0.4, -0.2) is 42.2 Å². The fraction of sp³-hybridized carbons (Fsp3) is 0.783. The molecule has 32 heavy (non-hydrogen) atoms. The third kappa shape index (κ3) is 7.60. The average molecular weight is 454 g/mol. The van der Waals surface area contributed by atoms with E-state index in [-0.39, 0.29) is 30.3 Å². The quantitative estimate of drug-likeness (QED) is 0.171. The molecule has 182 valence electrons. The Balaban J connectivity index is 3.21. The van der Waals surface area contributed by atoms with Crippen LogP contribution in [0.15, 0.2) is 5.10 Å². The number of nitrogens with zero attached hydrogens (tertiary/aromatic N) is 1. The molecule has 6 atom stereocenters. The maximum Gasteiger partial charge on any atom is 0.332 e. The summed E-state index contributed by atoms with van der Waals surface area (Å²) in [6.45, 7) is 12.4. The molecule has 0 aromatic carbocycles. The van der Waals surface area contributed by atoms with Crippen molar-refractivity contribution in [1.82, 2.24) is 5.43 Å². The maximum absolute atomic E-state index is 13.2. The van der Waals surface area contributed by atoms with Crippen LogP contribution in [0.4, 0.5) is 4.79 Å². The van der Waals surface area contributed by atoms with E-state index in [1.807, 2.05) is 0 Å². The number of nitrogens with two attached hydrogens (primary N) is 1. The highest BCUT2D eigenvalue weighted by Gasteiger charge is 2.43. The summed E-state index contributed by atoms with van der Waals surface area (Å²) in [6.07, 6.45) is 2.52. The molecule has 9 nitrogen and oxygen atoms in total. The van der Waals surface area contributed by atoms with Crippen molar-refractivity contribution in [1.29, 1.82) is 0 Å². The SMILES string of the molecule is CCOC(=NNC(N)=O)C(C(C)=O)C(C)C(C(C)=O)C(=O)OC1CC(C)CCC1C(C)C. The Morgan fingerprint density at radius 3 is 2.12 bits per heavy atom. The van der Waals surface area contributed by atoms with Crippen LogP contribution >= 0.6 is 0 Å². The summed E-state index contributed by atoms with van der Waals surface area (Å²) in [5.74, 6) is -3.51. The van der Waals surface area contributed by atoms with E-state index in [1.54, 1.807) is 13.8 Å². The number of hydrogen-bond donors (Lipinski definition) is 2. The standard InChI is InChI=1S/C23H39N3O6/c1-8-31-21(25-26-23(24)30)19(15(6)27)14(5)20(16(7)28)22(29)32-18-11-13(4)9-10-17(18)12(2)3/h12-14,17-20H,8-11H2,1-7H3,(H3,24,26,30). The molecule has 0 bridgehead atoms. The van der Waals surface area contributed by atoms with E-state index in [2.05, 4.69) is 31.3 Å². The second kappa shape index (κ2) is 12.6. The van der Waals surface area contributed by atoms with Crippen LogP contribution in [0.2, 0.25) is 0 Å². The number of urea groups is 1. The van der Waals surface area contributed by atoms with Crippen molar-refractivity contribution in [3.8, 4) is 0 Å². The third-order valence-corrected chi connectivity index (χ3v) is 6.24. The molecule has 2 amide bonds. The third-order valence-electron chi connectivity index (χ3n) is 6.24. The van der Waals surface area contributed by atoms with Gasteiger partial charge >= 0.3 is 12.0 Å². The molecule has 0 heterocycles. The molecule has 0 saturated heterocycles. The fourth-order valence-electron chi connectivity index (χ4n) is 4.63. The lowest BCUT2D eigenvalue weighted by Crippen LogP contribution is -2.44. The lowest BCUT2D eigenvalue weighted by Gasteiger charge is -2.38. The van der Waals surface area contributed by atoms with Crippen molar-refractivity contribution in [3.63, 3.8) is 0 Å². The predicted molar refractivity (Wildman–Crippen MR) is 121 cm³/mol. The van der Waals surface area contributed by atoms with E-state index in [9.17, 15) is 19.2 Å². The summed E-state index contributed by atoms with van der Waals surface area (Å²) >= 11 is 0. The van der Waals surface area contributed by atoms with Gasteiger partial charge < -0.3 is 15.2 Å². The van der Waals surface area contributed by atoms with Gasteiger partial charge in [0.2, 0.25) is 5.90 Å². The molecule has 1 aliphatic carbocycles. The minimum absolute atomic E-state index is 0.100. The van der Waals surface area contributed by atoms with Crippen molar-refractivity contribution in [2.75, 3.05) is 6.61 Å². The van der Waals surface area contributed by atoms with Crippen LogP contribution in [0.3, 0.4) is 0 Å². The molecular formula is C23H39N3O6. The van der Waals surface area contributed by atoms with Gasteiger partial charge in [0, 0.05) is 0 Å². The van der Waals surface area contributed by atoms with Gasteiger partial charge in [0.1, 0.15) is 23.6 Å². The van der Waals surface area contributed by atoms with Crippen LogP contribution in [0.5, 0.6) is 0 Å². The molecule has 1 fully saturated rings. The van der Waals surface area contributed by atoms with E-state index in [0.717, 1.165) is 19.3 Å². The zero-order valence-corrected chi connectivity index (χ0v) is 20.3. The smallest absolute Gasteiger partial charge is 0.332 e. The first-order valence-electron chi connectivity index (χ1n) is 11.4. The zero-order valence-electron chi connectivity index (χ0n) is 20.3. The van der Waals surface area contributed by atoms with Crippen molar-refractivity contribution in [3.05, 3.63) is 0 Å². The summed E-state index contributed by atoms with van der Waals surface area (Å²) in [5, 5.41) is 3.80. The number of nitrogens with one attached hydrogen (secondary N) is 1. The van der Waals surface area contributed by atoms with Crippen LogP contribution in [0, 0.1) is 35.5 Å². The predicted octanol–water partition coefficient (Wildman–Crippen LogP) is 3.06. The number of amides is 2. The van der Waals surface area contributed by atoms with E-state index in [0.29, 0.717) is 11.8 Å². The maximum atomic E-state index is 13.2. The van der Waals surface area contributed by atoms with E-state index in [1.165, 1.54) is 13.8 Å². The Morgan fingerprint density at radius 1 is 1.06 bits per heavy atom. The van der Waals surface area contributed by atoms with Gasteiger partial charge in [-0.2, -0.15) is 0 Å². The summed E-state index contributed by atoms with van der Waals surface area (Å²) in [5.41, 5.74) is 7.13. The van der Waals surface area contributed by atoms with Crippen LogP contribution < -0.4 is 11.2 Å². The highest BCUT2D eigenvalue weighted by atomic mass is 16.5. The largest absolute Gasteiger partial charge is 0.479 e. The number of Topliss-reactive ketones (excluding diaryl/α,β-unsaturated/α-hetero) is 2. The number of esters is 1. The first kappa shape index (κ1) is 27.6. The summed E-state index contributed by atoms with van der Waals surface area (Å²) < 4.78 is 11.4. The first-order valence-corrected chi connectivity index (χ1v) is 11.4. The highest BCUT2D eigenvalue weighted by Crippen LogP contribution is 2.36. The second-order valence-electron chi connectivity index (χ2n) is 9.20. The van der Waals surface area contributed by atoms with Gasteiger partial charge in [-0.3, -0.25) is 14.4 Å².